The number of carboxylic acid groups (broad SMARTS) is 1. The predicted molar refractivity (Wildman–Crippen MR) is 49.5 cm³/mol. The highest BCUT2D eigenvalue weighted by atomic mass is 16.4. The van der Waals surface area contributed by atoms with Gasteiger partial charge in [0, 0.05) is 6.54 Å². The third-order valence-corrected chi connectivity index (χ3v) is 1.91. The summed E-state index contributed by atoms with van der Waals surface area (Å²) in [5.74, 6) is -1.75. The second-order valence-electron chi connectivity index (χ2n) is 3.63. The zero-order valence-corrected chi connectivity index (χ0v) is 8.28. The van der Waals surface area contributed by atoms with Gasteiger partial charge in [-0.25, -0.2) is 4.79 Å². The number of amides is 1. The summed E-state index contributed by atoms with van der Waals surface area (Å²) in [5, 5.41) is 19.4. The fraction of sp³-hybridized carbons (Fsp3) is 0.750. The number of rotatable bonds is 5. The molecular formula is C8H16N2O4. The molecule has 0 fully saturated rings. The Bertz CT molecular complexity index is 227. The van der Waals surface area contributed by atoms with Crippen LogP contribution in [0, 0.1) is 5.41 Å². The van der Waals surface area contributed by atoms with Gasteiger partial charge >= 0.3 is 5.97 Å². The molecule has 1 atom stereocenters. The first kappa shape index (κ1) is 12.9. The van der Waals surface area contributed by atoms with E-state index in [1.807, 2.05) is 0 Å². The second-order valence-corrected chi connectivity index (χ2v) is 3.63. The second kappa shape index (κ2) is 4.92. The van der Waals surface area contributed by atoms with Crippen LogP contribution in [0.1, 0.15) is 13.8 Å². The van der Waals surface area contributed by atoms with Gasteiger partial charge in [-0.15, -0.1) is 0 Å². The molecule has 0 bridgehead atoms. The van der Waals surface area contributed by atoms with E-state index < -0.39 is 29.9 Å². The smallest absolute Gasteiger partial charge is 0.328 e. The number of hydrogen-bond acceptors (Lipinski definition) is 4. The Morgan fingerprint density at radius 3 is 2.29 bits per heavy atom. The van der Waals surface area contributed by atoms with Crippen LogP contribution in [0.2, 0.25) is 0 Å². The molecule has 1 amide bonds. The average molecular weight is 204 g/mol. The number of carbonyl (C=O) groups excluding carboxylic acids is 1. The van der Waals surface area contributed by atoms with E-state index in [2.05, 4.69) is 5.32 Å². The molecule has 0 saturated carbocycles. The maximum atomic E-state index is 11.4. The molecule has 0 aliphatic rings. The van der Waals surface area contributed by atoms with Gasteiger partial charge in [-0.3, -0.25) is 4.79 Å². The molecule has 6 nitrogen and oxygen atoms in total. The van der Waals surface area contributed by atoms with Crippen molar-refractivity contribution in [2.45, 2.75) is 19.9 Å². The summed E-state index contributed by atoms with van der Waals surface area (Å²) in [5.41, 5.74) is 4.50. The van der Waals surface area contributed by atoms with Gasteiger partial charge in [-0.1, -0.05) is 0 Å². The Morgan fingerprint density at radius 2 is 2.00 bits per heavy atom. The number of hydrogen-bond donors (Lipinski definition) is 4. The van der Waals surface area contributed by atoms with Crippen molar-refractivity contribution in [1.82, 2.24) is 5.32 Å². The van der Waals surface area contributed by atoms with Crippen LogP contribution in [-0.2, 0) is 9.59 Å². The van der Waals surface area contributed by atoms with Crippen molar-refractivity contribution in [1.29, 1.82) is 0 Å². The van der Waals surface area contributed by atoms with E-state index in [0.29, 0.717) is 0 Å². The lowest BCUT2D eigenvalue weighted by atomic mass is 9.92. The van der Waals surface area contributed by atoms with E-state index >= 15 is 0 Å². The minimum atomic E-state index is -1.27. The van der Waals surface area contributed by atoms with Crippen LogP contribution in [-0.4, -0.2) is 41.3 Å². The highest BCUT2D eigenvalue weighted by Gasteiger charge is 2.29. The summed E-state index contributed by atoms with van der Waals surface area (Å²) in [6.45, 7) is 2.66. The SMILES string of the molecule is CC(C)(CN)C(=O)NC(CO)C(=O)O. The summed E-state index contributed by atoms with van der Waals surface area (Å²) < 4.78 is 0. The van der Waals surface area contributed by atoms with Crippen molar-refractivity contribution in [3.8, 4) is 0 Å². The summed E-state index contributed by atoms with van der Waals surface area (Å²) in [6.07, 6.45) is 0. The molecule has 0 aromatic heterocycles. The molecule has 0 aliphatic heterocycles. The number of nitrogens with one attached hydrogen (secondary N) is 1. The van der Waals surface area contributed by atoms with Crippen molar-refractivity contribution < 1.29 is 19.8 Å². The third kappa shape index (κ3) is 3.31. The average Bonchev–Trinajstić information content (AvgIpc) is 2.12. The minimum absolute atomic E-state index is 0.108. The normalized spacial score (nSPS) is 13.4. The van der Waals surface area contributed by atoms with Crippen LogP contribution in [0.3, 0.4) is 0 Å². The molecule has 82 valence electrons. The zero-order chi connectivity index (χ0) is 11.4. The largest absolute Gasteiger partial charge is 0.480 e. The van der Waals surface area contributed by atoms with Crippen LogP contribution in [0.25, 0.3) is 0 Å². The van der Waals surface area contributed by atoms with E-state index in [9.17, 15) is 9.59 Å². The van der Waals surface area contributed by atoms with Crippen molar-refractivity contribution in [3.05, 3.63) is 0 Å². The molecule has 0 aromatic rings. The van der Waals surface area contributed by atoms with Crippen molar-refractivity contribution in [2.75, 3.05) is 13.2 Å². The van der Waals surface area contributed by atoms with Gasteiger partial charge in [0.1, 0.15) is 6.04 Å². The van der Waals surface area contributed by atoms with Crippen molar-refractivity contribution in [2.24, 2.45) is 11.1 Å². The van der Waals surface area contributed by atoms with E-state index in [4.69, 9.17) is 15.9 Å². The summed E-state index contributed by atoms with van der Waals surface area (Å²) in [6, 6.07) is -1.27. The van der Waals surface area contributed by atoms with Gasteiger partial charge in [-0.05, 0) is 13.8 Å². The Labute approximate surface area is 82.1 Å². The molecule has 5 N–H and O–H groups in total. The zero-order valence-electron chi connectivity index (χ0n) is 8.28. The molecule has 14 heavy (non-hydrogen) atoms. The van der Waals surface area contributed by atoms with Crippen LogP contribution in [0.5, 0.6) is 0 Å². The van der Waals surface area contributed by atoms with Gasteiger partial charge in [0.15, 0.2) is 0 Å². The number of nitrogens with two attached hydrogens (primary N) is 1. The highest BCUT2D eigenvalue weighted by molar-refractivity contribution is 5.87. The molecule has 0 radical (unpaired) electrons. The van der Waals surface area contributed by atoms with Gasteiger partial charge in [0.25, 0.3) is 0 Å². The monoisotopic (exact) mass is 204 g/mol. The van der Waals surface area contributed by atoms with Gasteiger partial charge in [0.2, 0.25) is 5.91 Å². The Kier molecular flexibility index (Phi) is 4.52. The maximum absolute atomic E-state index is 11.4. The van der Waals surface area contributed by atoms with Crippen molar-refractivity contribution in [3.63, 3.8) is 0 Å². The number of aliphatic hydroxyl groups excluding tert-OH is 1. The lowest BCUT2D eigenvalue weighted by Gasteiger charge is -2.23. The molecular weight excluding hydrogens is 188 g/mol. The van der Waals surface area contributed by atoms with Gasteiger partial charge in [0.05, 0.1) is 12.0 Å². The van der Waals surface area contributed by atoms with E-state index in [-0.39, 0.29) is 6.54 Å². The van der Waals surface area contributed by atoms with Gasteiger partial charge < -0.3 is 21.3 Å². The maximum Gasteiger partial charge on any atom is 0.328 e. The molecule has 0 rings (SSSR count). The number of carbonyl (C=O) groups is 2. The number of carboxylic acids is 1. The number of aliphatic hydroxyl groups is 1. The molecule has 0 spiro atoms. The first-order chi connectivity index (χ1) is 6.35. The first-order valence-electron chi connectivity index (χ1n) is 4.20. The molecule has 0 aromatic carbocycles. The quantitative estimate of drug-likeness (QED) is 0.437. The molecule has 0 saturated heterocycles. The lowest BCUT2D eigenvalue weighted by Crippen LogP contribution is -2.50. The molecule has 6 heteroatoms. The standard InChI is InChI=1S/C8H16N2O4/c1-8(2,4-9)7(14)10-5(3-11)6(12)13/h5,11H,3-4,9H2,1-2H3,(H,10,14)(H,12,13). The minimum Gasteiger partial charge on any atom is -0.480 e. The Morgan fingerprint density at radius 1 is 1.50 bits per heavy atom. The Balaban J connectivity index is 4.37. The summed E-state index contributed by atoms with van der Waals surface area (Å²) >= 11 is 0. The molecule has 0 aliphatic carbocycles. The van der Waals surface area contributed by atoms with Crippen LogP contribution < -0.4 is 11.1 Å². The van der Waals surface area contributed by atoms with Gasteiger partial charge in [-0.2, -0.15) is 0 Å². The van der Waals surface area contributed by atoms with E-state index in [1.165, 1.54) is 0 Å². The topological polar surface area (TPSA) is 113 Å². The lowest BCUT2D eigenvalue weighted by molar-refractivity contribution is -0.144. The fourth-order valence-electron chi connectivity index (χ4n) is 0.632. The van der Waals surface area contributed by atoms with Crippen LogP contribution in [0.4, 0.5) is 0 Å². The highest BCUT2D eigenvalue weighted by Crippen LogP contribution is 2.12. The van der Waals surface area contributed by atoms with E-state index in [1.54, 1.807) is 13.8 Å². The summed E-state index contributed by atoms with van der Waals surface area (Å²) in [7, 11) is 0. The van der Waals surface area contributed by atoms with Crippen LogP contribution in [0.15, 0.2) is 0 Å². The predicted octanol–water partition coefficient (Wildman–Crippen LogP) is -1.47. The number of aliphatic carboxylic acids is 1. The Hall–Kier alpha value is -1.14. The fourth-order valence-corrected chi connectivity index (χ4v) is 0.632. The first-order valence-corrected chi connectivity index (χ1v) is 4.20. The molecule has 1 unspecified atom stereocenters. The van der Waals surface area contributed by atoms with Crippen molar-refractivity contribution >= 4 is 11.9 Å². The van der Waals surface area contributed by atoms with Crippen LogP contribution >= 0.6 is 0 Å². The van der Waals surface area contributed by atoms with E-state index in [0.717, 1.165) is 0 Å². The molecule has 0 heterocycles. The summed E-state index contributed by atoms with van der Waals surface area (Å²) in [4.78, 5) is 21.9. The third-order valence-electron chi connectivity index (χ3n) is 1.91.